The van der Waals surface area contributed by atoms with Gasteiger partial charge in [0.2, 0.25) is 0 Å². The van der Waals surface area contributed by atoms with Crippen molar-refractivity contribution in [3.05, 3.63) is 60.8 Å². The number of ether oxygens (including phenoxy) is 3. The first kappa shape index (κ1) is 69.1. The van der Waals surface area contributed by atoms with Crippen LogP contribution in [0, 0.1) is 0 Å². The molecule has 0 N–H and O–H groups in total. The van der Waals surface area contributed by atoms with Gasteiger partial charge in [0.1, 0.15) is 13.2 Å². The van der Waals surface area contributed by atoms with E-state index in [0.29, 0.717) is 19.3 Å². The van der Waals surface area contributed by atoms with Crippen molar-refractivity contribution >= 4 is 17.9 Å². The Morgan fingerprint density at radius 2 is 0.500 bits per heavy atom. The Kier molecular flexibility index (Phi) is 58.2. The predicted molar refractivity (Wildman–Crippen MR) is 312 cm³/mol. The van der Waals surface area contributed by atoms with Crippen LogP contribution in [0.1, 0.15) is 323 Å². The van der Waals surface area contributed by atoms with Crippen LogP contribution in [0.3, 0.4) is 0 Å². The molecule has 0 aliphatic rings. The van der Waals surface area contributed by atoms with Gasteiger partial charge in [-0.2, -0.15) is 0 Å². The molecule has 6 heteroatoms. The van der Waals surface area contributed by atoms with Crippen molar-refractivity contribution in [2.24, 2.45) is 0 Å². The van der Waals surface area contributed by atoms with E-state index in [0.717, 1.165) is 77.0 Å². The van der Waals surface area contributed by atoms with Crippen LogP contribution in [0.5, 0.6) is 0 Å². The molecular formula is C66H118O6. The van der Waals surface area contributed by atoms with Crippen molar-refractivity contribution in [3.63, 3.8) is 0 Å². The Labute approximate surface area is 447 Å². The van der Waals surface area contributed by atoms with Gasteiger partial charge in [0.25, 0.3) is 0 Å². The van der Waals surface area contributed by atoms with Gasteiger partial charge in [-0.1, -0.05) is 255 Å². The zero-order chi connectivity index (χ0) is 52.2. The Balaban J connectivity index is 4.40. The molecule has 1 unspecified atom stereocenters. The molecule has 0 aliphatic carbocycles. The highest BCUT2D eigenvalue weighted by Crippen LogP contribution is 2.16. The quantitative estimate of drug-likeness (QED) is 0.0261. The van der Waals surface area contributed by atoms with Crippen LogP contribution in [0.15, 0.2) is 60.8 Å². The van der Waals surface area contributed by atoms with Gasteiger partial charge < -0.3 is 14.2 Å². The molecule has 0 spiro atoms. The lowest BCUT2D eigenvalue weighted by Gasteiger charge is -2.18. The van der Waals surface area contributed by atoms with Crippen LogP contribution in [0.4, 0.5) is 0 Å². The van der Waals surface area contributed by atoms with E-state index in [1.807, 2.05) is 0 Å². The van der Waals surface area contributed by atoms with Gasteiger partial charge in [-0.15, -0.1) is 0 Å². The molecule has 1 atom stereocenters. The van der Waals surface area contributed by atoms with Gasteiger partial charge in [-0.25, -0.2) is 0 Å². The van der Waals surface area contributed by atoms with Gasteiger partial charge in [-0.05, 0) is 109 Å². The van der Waals surface area contributed by atoms with Crippen molar-refractivity contribution in [2.75, 3.05) is 13.2 Å². The van der Waals surface area contributed by atoms with Gasteiger partial charge in [-0.3, -0.25) is 14.4 Å². The van der Waals surface area contributed by atoms with Crippen molar-refractivity contribution < 1.29 is 28.6 Å². The smallest absolute Gasteiger partial charge is 0.306 e. The van der Waals surface area contributed by atoms with Crippen LogP contribution in [-0.2, 0) is 28.6 Å². The average Bonchev–Trinajstić information content (AvgIpc) is 3.38. The number of allylic oxidation sites excluding steroid dienone is 10. The monoisotopic (exact) mass is 1010 g/mol. The van der Waals surface area contributed by atoms with E-state index in [4.69, 9.17) is 14.2 Å². The first-order valence-corrected chi connectivity index (χ1v) is 31.3. The molecule has 0 aromatic heterocycles. The minimum atomic E-state index is -0.785. The standard InChI is InChI=1S/C66H118O6/c1-4-7-10-13-16-19-22-25-28-31-33-36-38-41-44-47-50-53-56-59-65(68)71-62-63(61-70-64(67)58-55-52-49-46-43-40-37-34-30-27-24-21-18-15-12-9-6-3)72-66(69)60-57-54-51-48-45-42-39-35-32-29-26-23-20-17-14-11-8-5-2/h16,19,25,27-30,32-33,36,63H,4-15,17-18,20-24,26,31,34-35,37-62H2,1-3H3/b19-16-,28-25-,30-27-,32-29-,36-33-. The molecule has 418 valence electrons. The molecule has 0 bridgehead atoms. The highest BCUT2D eigenvalue weighted by Gasteiger charge is 2.19. The van der Waals surface area contributed by atoms with E-state index in [-0.39, 0.29) is 31.1 Å². The number of esters is 3. The van der Waals surface area contributed by atoms with Crippen molar-refractivity contribution in [1.82, 2.24) is 0 Å². The zero-order valence-electron chi connectivity index (χ0n) is 47.9. The summed E-state index contributed by atoms with van der Waals surface area (Å²) in [7, 11) is 0. The van der Waals surface area contributed by atoms with E-state index in [1.54, 1.807) is 0 Å². The molecular weight excluding hydrogens is 889 g/mol. The van der Waals surface area contributed by atoms with E-state index in [9.17, 15) is 14.4 Å². The van der Waals surface area contributed by atoms with Crippen LogP contribution in [-0.4, -0.2) is 37.2 Å². The number of rotatable bonds is 57. The maximum atomic E-state index is 12.9. The molecule has 0 aliphatic heterocycles. The lowest BCUT2D eigenvalue weighted by molar-refractivity contribution is -0.167. The summed E-state index contributed by atoms with van der Waals surface area (Å²) in [5.74, 6) is -0.887. The second-order valence-electron chi connectivity index (χ2n) is 21.0. The van der Waals surface area contributed by atoms with Crippen molar-refractivity contribution in [3.8, 4) is 0 Å². The summed E-state index contributed by atoms with van der Waals surface area (Å²) < 4.78 is 16.9. The fourth-order valence-corrected chi connectivity index (χ4v) is 8.97. The Bertz CT molecular complexity index is 1290. The first-order valence-electron chi connectivity index (χ1n) is 31.3. The fourth-order valence-electron chi connectivity index (χ4n) is 8.97. The highest BCUT2D eigenvalue weighted by atomic mass is 16.6. The summed E-state index contributed by atoms with van der Waals surface area (Å²) in [5, 5.41) is 0. The summed E-state index contributed by atoms with van der Waals surface area (Å²) in [6, 6.07) is 0. The van der Waals surface area contributed by atoms with Crippen LogP contribution >= 0.6 is 0 Å². The summed E-state index contributed by atoms with van der Waals surface area (Å²) >= 11 is 0. The molecule has 0 amide bonds. The minimum absolute atomic E-state index is 0.0810. The van der Waals surface area contributed by atoms with Gasteiger partial charge in [0, 0.05) is 19.3 Å². The summed E-state index contributed by atoms with van der Waals surface area (Å²) in [6.07, 6.45) is 76.4. The molecule has 0 saturated carbocycles. The van der Waals surface area contributed by atoms with Gasteiger partial charge in [0.15, 0.2) is 6.10 Å². The minimum Gasteiger partial charge on any atom is -0.462 e. The number of carbonyl (C=O) groups excluding carboxylic acids is 3. The molecule has 0 saturated heterocycles. The lowest BCUT2D eigenvalue weighted by atomic mass is 10.1. The van der Waals surface area contributed by atoms with Gasteiger partial charge in [0.05, 0.1) is 0 Å². The SMILES string of the molecule is CCCCC/C=C\C/C=C\C/C=C\CCCCCCCCC(=O)OCC(COC(=O)CCCCCCCCC/C=C\CCCCCCCC)OC(=O)CCCCCCCCC/C=C\CCCCCCCCC. The van der Waals surface area contributed by atoms with Crippen molar-refractivity contribution in [2.45, 2.75) is 329 Å². The molecule has 0 fully saturated rings. The molecule has 6 nitrogen and oxygen atoms in total. The summed E-state index contributed by atoms with van der Waals surface area (Å²) in [6.45, 7) is 6.63. The second-order valence-corrected chi connectivity index (χ2v) is 21.0. The predicted octanol–water partition coefficient (Wildman–Crippen LogP) is 21.2. The number of unbranched alkanes of at least 4 members (excludes halogenated alkanes) is 36. The van der Waals surface area contributed by atoms with E-state index in [1.165, 1.54) is 205 Å². The number of carbonyl (C=O) groups is 3. The summed E-state index contributed by atoms with van der Waals surface area (Å²) in [5.41, 5.74) is 0. The zero-order valence-corrected chi connectivity index (χ0v) is 47.9. The van der Waals surface area contributed by atoms with Crippen molar-refractivity contribution in [1.29, 1.82) is 0 Å². The fraction of sp³-hybridized carbons (Fsp3) is 0.803. The van der Waals surface area contributed by atoms with E-state index in [2.05, 4.69) is 81.5 Å². The van der Waals surface area contributed by atoms with Crippen LogP contribution in [0.2, 0.25) is 0 Å². The molecule has 0 rings (SSSR count). The third-order valence-corrected chi connectivity index (χ3v) is 13.7. The first-order chi connectivity index (χ1) is 35.5. The number of hydrogen-bond donors (Lipinski definition) is 0. The Morgan fingerprint density at radius 1 is 0.278 bits per heavy atom. The maximum Gasteiger partial charge on any atom is 0.306 e. The third-order valence-electron chi connectivity index (χ3n) is 13.7. The second kappa shape index (κ2) is 60.7. The van der Waals surface area contributed by atoms with E-state index < -0.39 is 6.10 Å². The molecule has 0 aromatic carbocycles. The molecule has 0 heterocycles. The van der Waals surface area contributed by atoms with Gasteiger partial charge >= 0.3 is 17.9 Å². The maximum absolute atomic E-state index is 12.9. The van der Waals surface area contributed by atoms with Crippen LogP contribution in [0.25, 0.3) is 0 Å². The Hall–Kier alpha value is -2.89. The third kappa shape index (κ3) is 58.0. The highest BCUT2D eigenvalue weighted by molar-refractivity contribution is 5.71. The Morgan fingerprint density at radius 3 is 0.819 bits per heavy atom. The summed E-state index contributed by atoms with van der Waals surface area (Å²) in [4.78, 5) is 38.3. The molecule has 0 radical (unpaired) electrons. The molecule has 0 aromatic rings. The topological polar surface area (TPSA) is 78.9 Å². The molecule has 72 heavy (non-hydrogen) atoms. The normalized spacial score (nSPS) is 12.4. The van der Waals surface area contributed by atoms with E-state index >= 15 is 0 Å². The van der Waals surface area contributed by atoms with Crippen LogP contribution < -0.4 is 0 Å². The largest absolute Gasteiger partial charge is 0.462 e. The number of hydrogen-bond acceptors (Lipinski definition) is 6. The average molecular weight is 1010 g/mol. The lowest BCUT2D eigenvalue weighted by Crippen LogP contribution is -2.30.